The van der Waals surface area contributed by atoms with Crippen LogP contribution in [0, 0.1) is 5.92 Å². The van der Waals surface area contributed by atoms with E-state index in [0.717, 1.165) is 19.5 Å². The monoisotopic (exact) mass is 159 g/mol. The molecular formula is C9H21NO. The summed E-state index contributed by atoms with van der Waals surface area (Å²) >= 11 is 0. The maximum absolute atomic E-state index is 9.01. The van der Waals surface area contributed by atoms with Gasteiger partial charge in [-0.2, -0.15) is 0 Å². The van der Waals surface area contributed by atoms with Gasteiger partial charge in [0.2, 0.25) is 0 Å². The minimum Gasteiger partial charge on any atom is -0.393 e. The molecule has 11 heavy (non-hydrogen) atoms. The molecule has 0 aromatic rings. The van der Waals surface area contributed by atoms with Crippen molar-refractivity contribution in [3.05, 3.63) is 0 Å². The predicted molar refractivity (Wildman–Crippen MR) is 48.6 cm³/mol. The van der Waals surface area contributed by atoms with Crippen molar-refractivity contribution in [1.82, 2.24) is 4.90 Å². The fraction of sp³-hybridized carbons (Fsp3) is 1.00. The van der Waals surface area contributed by atoms with Crippen LogP contribution in [0.5, 0.6) is 0 Å². The molecule has 0 spiro atoms. The van der Waals surface area contributed by atoms with Crippen molar-refractivity contribution in [1.29, 1.82) is 0 Å². The first-order valence-electron chi connectivity index (χ1n) is 4.39. The van der Waals surface area contributed by atoms with E-state index in [1.165, 1.54) is 0 Å². The maximum atomic E-state index is 9.01. The molecule has 2 nitrogen and oxygen atoms in total. The Morgan fingerprint density at radius 1 is 1.27 bits per heavy atom. The van der Waals surface area contributed by atoms with Crippen molar-refractivity contribution in [2.45, 2.75) is 33.3 Å². The van der Waals surface area contributed by atoms with Crippen molar-refractivity contribution >= 4 is 0 Å². The van der Waals surface area contributed by atoms with Gasteiger partial charge in [0, 0.05) is 13.1 Å². The molecule has 0 aliphatic heterocycles. The van der Waals surface area contributed by atoms with E-state index in [1.54, 1.807) is 0 Å². The standard InChI is InChI=1S/C9H21NO/c1-8(2)7-10(4)6-5-9(3)11/h8-9,11H,5-7H2,1-4H3. The molecule has 0 rings (SSSR count). The first-order valence-corrected chi connectivity index (χ1v) is 4.39. The van der Waals surface area contributed by atoms with Gasteiger partial charge in [-0.05, 0) is 26.3 Å². The topological polar surface area (TPSA) is 23.5 Å². The number of rotatable bonds is 5. The molecule has 0 amide bonds. The molecule has 0 saturated carbocycles. The fourth-order valence-corrected chi connectivity index (χ4v) is 1.12. The quantitative estimate of drug-likeness (QED) is 0.654. The molecule has 2 heteroatoms. The highest BCUT2D eigenvalue weighted by Gasteiger charge is 2.02. The first-order chi connectivity index (χ1) is 5.02. The van der Waals surface area contributed by atoms with Gasteiger partial charge in [-0.1, -0.05) is 13.8 Å². The summed E-state index contributed by atoms with van der Waals surface area (Å²) in [6.07, 6.45) is 0.716. The van der Waals surface area contributed by atoms with Crippen molar-refractivity contribution in [2.24, 2.45) is 5.92 Å². The van der Waals surface area contributed by atoms with Crippen LogP contribution in [0.15, 0.2) is 0 Å². The third-order valence-electron chi connectivity index (χ3n) is 1.61. The summed E-state index contributed by atoms with van der Waals surface area (Å²) in [5.74, 6) is 0.717. The Kier molecular flexibility index (Phi) is 5.51. The minimum absolute atomic E-state index is 0.162. The Morgan fingerprint density at radius 3 is 2.18 bits per heavy atom. The average Bonchev–Trinajstić information content (AvgIpc) is 1.82. The van der Waals surface area contributed by atoms with Crippen LogP contribution < -0.4 is 0 Å². The molecule has 0 heterocycles. The third kappa shape index (κ3) is 7.82. The van der Waals surface area contributed by atoms with E-state index < -0.39 is 0 Å². The second kappa shape index (κ2) is 5.56. The number of aliphatic hydroxyl groups excluding tert-OH is 1. The van der Waals surface area contributed by atoms with Gasteiger partial charge < -0.3 is 10.0 Å². The summed E-state index contributed by atoms with van der Waals surface area (Å²) in [4.78, 5) is 2.26. The molecule has 1 N–H and O–H groups in total. The van der Waals surface area contributed by atoms with Gasteiger partial charge in [-0.15, -0.1) is 0 Å². The summed E-state index contributed by atoms with van der Waals surface area (Å²) in [5.41, 5.74) is 0. The van der Waals surface area contributed by atoms with Crippen LogP contribution in [0.1, 0.15) is 27.2 Å². The molecule has 1 unspecified atom stereocenters. The normalized spacial score (nSPS) is 14.5. The fourth-order valence-electron chi connectivity index (χ4n) is 1.12. The van der Waals surface area contributed by atoms with Gasteiger partial charge in [0.05, 0.1) is 6.10 Å². The van der Waals surface area contributed by atoms with Gasteiger partial charge in [0.15, 0.2) is 0 Å². The second-order valence-electron chi connectivity index (χ2n) is 3.79. The number of hydrogen-bond donors (Lipinski definition) is 1. The highest BCUT2D eigenvalue weighted by atomic mass is 16.3. The lowest BCUT2D eigenvalue weighted by atomic mass is 10.2. The molecule has 0 aromatic heterocycles. The summed E-state index contributed by atoms with van der Waals surface area (Å²) in [6.45, 7) is 8.36. The van der Waals surface area contributed by atoms with E-state index in [-0.39, 0.29) is 6.10 Å². The van der Waals surface area contributed by atoms with Crippen molar-refractivity contribution in [3.8, 4) is 0 Å². The van der Waals surface area contributed by atoms with E-state index in [4.69, 9.17) is 5.11 Å². The smallest absolute Gasteiger partial charge is 0.0524 e. The van der Waals surface area contributed by atoms with E-state index in [9.17, 15) is 0 Å². The molecule has 0 fully saturated rings. The Balaban J connectivity index is 3.29. The van der Waals surface area contributed by atoms with Crippen LogP contribution in [0.25, 0.3) is 0 Å². The molecule has 0 bridgehead atoms. The zero-order chi connectivity index (χ0) is 8.85. The van der Waals surface area contributed by atoms with E-state index in [1.807, 2.05) is 6.92 Å². The Morgan fingerprint density at radius 2 is 1.82 bits per heavy atom. The summed E-state index contributed by atoms with van der Waals surface area (Å²) in [5, 5.41) is 9.01. The lowest BCUT2D eigenvalue weighted by Crippen LogP contribution is -2.26. The molecule has 68 valence electrons. The van der Waals surface area contributed by atoms with E-state index >= 15 is 0 Å². The molecule has 0 saturated heterocycles. The minimum atomic E-state index is -0.162. The summed E-state index contributed by atoms with van der Waals surface area (Å²) < 4.78 is 0. The third-order valence-corrected chi connectivity index (χ3v) is 1.61. The Labute approximate surface area is 70.2 Å². The zero-order valence-electron chi connectivity index (χ0n) is 8.17. The predicted octanol–water partition coefficient (Wildman–Crippen LogP) is 1.35. The average molecular weight is 159 g/mol. The van der Waals surface area contributed by atoms with Gasteiger partial charge in [0.25, 0.3) is 0 Å². The highest BCUT2D eigenvalue weighted by molar-refractivity contribution is 4.56. The van der Waals surface area contributed by atoms with Gasteiger partial charge in [-0.25, -0.2) is 0 Å². The molecular weight excluding hydrogens is 138 g/mol. The van der Waals surface area contributed by atoms with Crippen LogP contribution in [0.2, 0.25) is 0 Å². The molecule has 0 aliphatic carbocycles. The molecule has 0 aliphatic rings. The number of aliphatic hydroxyl groups is 1. The Hall–Kier alpha value is -0.0800. The zero-order valence-corrected chi connectivity index (χ0v) is 8.17. The largest absolute Gasteiger partial charge is 0.393 e. The van der Waals surface area contributed by atoms with Crippen molar-refractivity contribution in [2.75, 3.05) is 20.1 Å². The lowest BCUT2D eigenvalue weighted by Gasteiger charge is -2.19. The Bertz CT molecular complexity index is 91.6. The van der Waals surface area contributed by atoms with Crippen LogP contribution in [-0.2, 0) is 0 Å². The lowest BCUT2D eigenvalue weighted by molar-refractivity contribution is 0.160. The van der Waals surface area contributed by atoms with Crippen LogP contribution in [0.4, 0.5) is 0 Å². The molecule has 0 aromatic carbocycles. The van der Waals surface area contributed by atoms with Gasteiger partial charge in [-0.3, -0.25) is 0 Å². The highest BCUT2D eigenvalue weighted by Crippen LogP contribution is 1.98. The number of nitrogens with zero attached hydrogens (tertiary/aromatic N) is 1. The van der Waals surface area contributed by atoms with Crippen molar-refractivity contribution in [3.63, 3.8) is 0 Å². The van der Waals surface area contributed by atoms with Crippen LogP contribution in [0.3, 0.4) is 0 Å². The van der Waals surface area contributed by atoms with Crippen LogP contribution >= 0.6 is 0 Å². The maximum Gasteiger partial charge on any atom is 0.0524 e. The van der Waals surface area contributed by atoms with Crippen LogP contribution in [-0.4, -0.2) is 36.2 Å². The van der Waals surface area contributed by atoms with E-state index in [2.05, 4.69) is 25.8 Å². The van der Waals surface area contributed by atoms with E-state index in [0.29, 0.717) is 5.92 Å². The molecule has 0 radical (unpaired) electrons. The second-order valence-corrected chi connectivity index (χ2v) is 3.79. The summed E-state index contributed by atoms with van der Waals surface area (Å²) in [6, 6.07) is 0. The first kappa shape index (κ1) is 10.9. The van der Waals surface area contributed by atoms with Gasteiger partial charge in [0.1, 0.15) is 0 Å². The molecule has 1 atom stereocenters. The summed E-state index contributed by atoms with van der Waals surface area (Å²) in [7, 11) is 2.10. The SMILES string of the molecule is CC(C)CN(C)CCC(C)O. The van der Waals surface area contributed by atoms with Crippen molar-refractivity contribution < 1.29 is 5.11 Å². The number of hydrogen-bond acceptors (Lipinski definition) is 2. The van der Waals surface area contributed by atoms with Gasteiger partial charge >= 0.3 is 0 Å².